The van der Waals surface area contributed by atoms with E-state index in [9.17, 15) is 27.2 Å². The molecule has 1 saturated heterocycles. The number of benzene rings is 1. The summed E-state index contributed by atoms with van der Waals surface area (Å²) in [7, 11) is 0. The summed E-state index contributed by atoms with van der Waals surface area (Å²) in [5.41, 5.74) is -4.38. The Morgan fingerprint density at radius 2 is 2.03 bits per heavy atom. The van der Waals surface area contributed by atoms with Crippen molar-refractivity contribution in [3.8, 4) is 6.07 Å². The van der Waals surface area contributed by atoms with Crippen molar-refractivity contribution in [3.63, 3.8) is 0 Å². The molecule has 2 heterocycles. The third kappa shape index (κ3) is 3.74. The second-order valence-corrected chi connectivity index (χ2v) is 8.85. The van der Waals surface area contributed by atoms with E-state index in [4.69, 9.17) is 5.26 Å². The first-order valence-electron chi connectivity index (χ1n) is 9.96. The number of aromatic nitrogens is 1. The fourth-order valence-corrected chi connectivity index (χ4v) is 5.13. The number of anilines is 2. The highest BCUT2D eigenvalue weighted by molar-refractivity contribution is 7.97. The van der Waals surface area contributed by atoms with Gasteiger partial charge in [0.05, 0.1) is 23.0 Å². The predicted octanol–water partition coefficient (Wildman–Crippen LogP) is 4.11. The number of halogens is 4. The van der Waals surface area contributed by atoms with Crippen LogP contribution < -0.4 is 14.5 Å². The molecule has 1 N–H and O–H groups in total. The number of nitrogens with one attached hydrogen (secondary N) is 1. The maximum Gasteiger partial charge on any atom is 0.419 e. The minimum atomic E-state index is -4.85. The Bertz CT molecular complexity index is 1210. The van der Waals surface area contributed by atoms with E-state index in [0.717, 1.165) is 29.1 Å². The molecule has 1 spiro atoms. The van der Waals surface area contributed by atoms with Gasteiger partial charge in [-0.05, 0) is 43.5 Å². The predicted molar refractivity (Wildman–Crippen MR) is 121 cm³/mol. The molecule has 1 aliphatic heterocycles. The van der Waals surface area contributed by atoms with Crippen LogP contribution in [0.5, 0.6) is 0 Å². The molecular formula is C21H17F4N5O2S2. The summed E-state index contributed by atoms with van der Waals surface area (Å²) in [5, 5.41) is 9.00. The summed E-state index contributed by atoms with van der Waals surface area (Å²) in [6, 6.07) is 5.95. The van der Waals surface area contributed by atoms with Crippen LogP contribution in [-0.2, 0) is 11.0 Å². The Labute approximate surface area is 201 Å². The third-order valence-corrected chi connectivity index (χ3v) is 6.80. The number of hydrogen-bond acceptors (Lipinski definition) is 7. The first kappa shape index (κ1) is 24.2. The van der Waals surface area contributed by atoms with Crippen molar-refractivity contribution in [2.45, 2.75) is 36.5 Å². The summed E-state index contributed by atoms with van der Waals surface area (Å²) in [6.07, 6.45) is -0.749. The third-order valence-electron chi connectivity index (χ3n) is 5.95. The van der Waals surface area contributed by atoms with E-state index < -0.39 is 46.1 Å². The van der Waals surface area contributed by atoms with Crippen LogP contribution in [0.4, 0.5) is 28.9 Å². The highest BCUT2D eigenvalue weighted by Crippen LogP contribution is 2.50. The fraction of sp³-hybridized carbons (Fsp3) is 0.333. The van der Waals surface area contributed by atoms with Gasteiger partial charge in [-0.2, -0.15) is 18.4 Å². The number of nitrogens with zero attached hydrogens (tertiary/aromatic N) is 4. The maximum absolute atomic E-state index is 14.8. The molecule has 7 nitrogen and oxygen atoms in total. The number of pyridine rings is 1. The van der Waals surface area contributed by atoms with Gasteiger partial charge in [0.15, 0.2) is 11.2 Å². The molecule has 2 aromatic rings. The van der Waals surface area contributed by atoms with Crippen molar-refractivity contribution >= 4 is 47.8 Å². The number of carbonyl (C=O) groups excluding carboxylic acids is 2. The summed E-state index contributed by atoms with van der Waals surface area (Å²) < 4.78 is 57.6. The number of alkyl halides is 3. The topological polar surface area (TPSA) is 89.3 Å². The van der Waals surface area contributed by atoms with E-state index in [1.165, 1.54) is 18.2 Å². The molecule has 0 bridgehead atoms. The minimum Gasteiger partial charge on any atom is -0.327 e. The van der Waals surface area contributed by atoms with Crippen LogP contribution in [0.1, 0.15) is 40.9 Å². The molecule has 4 rings (SSSR count). The number of hydrogen-bond donors (Lipinski definition) is 2. The summed E-state index contributed by atoms with van der Waals surface area (Å²) in [6.45, 7) is 0. The monoisotopic (exact) mass is 511 g/mol. The van der Waals surface area contributed by atoms with Gasteiger partial charge in [-0.25, -0.2) is 9.37 Å². The minimum absolute atomic E-state index is 0.179. The SMILES string of the molecule is CSNC(=O)c1ccc(N2C(S)N(c3cnc(C#N)c(C(F)(F)F)c3)C(=O)C23CCC3)cc1F. The molecule has 13 heteroatoms. The van der Waals surface area contributed by atoms with E-state index >= 15 is 0 Å². The lowest BCUT2D eigenvalue weighted by Crippen LogP contribution is -2.55. The van der Waals surface area contributed by atoms with Gasteiger partial charge in [0.2, 0.25) is 0 Å². The molecular weight excluding hydrogens is 494 g/mol. The molecule has 178 valence electrons. The zero-order chi connectivity index (χ0) is 24.8. The molecule has 1 aromatic carbocycles. The van der Waals surface area contributed by atoms with E-state index in [0.29, 0.717) is 25.3 Å². The average Bonchev–Trinajstić information content (AvgIpc) is 2.99. The van der Waals surface area contributed by atoms with Crippen LogP contribution in [0.25, 0.3) is 0 Å². The van der Waals surface area contributed by atoms with Gasteiger partial charge in [-0.15, -0.1) is 12.6 Å². The normalized spacial score (nSPS) is 19.2. The first-order chi connectivity index (χ1) is 16.0. The van der Waals surface area contributed by atoms with Crippen LogP contribution in [0.2, 0.25) is 0 Å². The van der Waals surface area contributed by atoms with Crippen molar-refractivity contribution < 1.29 is 27.2 Å². The van der Waals surface area contributed by atoms with Crippen LogP contribution in [-0.4, -0.2) is 34.1 Å². The average molecular weight is 512 g/mol. The zero-order valence-corrected chi connectivity index (χ0v) is 19.3. The Balaban J connectivity index is 1.77. The van der Waals surface area contributed by atoms with Crippen molar-refractivity contribution in [3.05, 3.63) is 53.1 Å². The second kappa shape index (κ2) is 8.66. The smallest absolute Gasteiger partial charge is 0.327 e. The Kier molecular flexibility index (Phi) is 6.15. The van der Waals surface area contributed by atoms with Gasteiger partial charge in [0.25, 0.3) is 11.8 Å². The number of carbonyl (C=O) groups is 2. The molecule has 1 aliphatic carbocycles. The number of rotatable bonds is 4. The van der Waals surface area contributed by atoms with Gasteiger partial charge in [-0.3, -0.25) is 19.2 Å². The lowest BCUT2D eigenvalue weighted by molar-refractivity contribution is -0.138. The first-order valence-corrected chi connectivity index (χ1v) is 11.7. The zero-order valence-electron chi connectivity index (χ0n) is 17.6. The molecule has 1 aromatic heterocycles. The fourth-order valence-electron chi connectivity index (χ4n) is 4.24. The maximum atomic E-state index is 14.8. The number of amides is 2. The van der Waals surface area contributed by atoms with Gasteiger partial charge >= 0.3 is 6.18 Å². The lowest BCUT2D eigenvalue weighted by atomic mass is 9.75. The van der Waals surface area contributed by atoms with Gasteiger partial charge < -0.3 is 4.90 Å². The molecule has 1 atom stereocenters. The van der Waals surface area contributed by atoms with Crippen molar-refractivity contribution in [2.75, 3.05) is 16.1 Å². The van der Waals surface area contributed by atoms with E-state index in [1.54, 1.807) is 11.2 Å². The lowest BCUT2D eigenvalue weighted by Gasteiger charge is -2.44. The molecule has 0 radical (unpaired) electrons. The Hall–Kier alpha value is -2.98. The molecule has 2 fully saturated rings. The van der Waals surface area contributed by atoms with E-state index in [-0.39, 0.29) is 16.9 Å². The van der Waals surface area contributed by atoms with Crippen LogP contribution in [0.3, 0.4) is 0 Å². The second-order valence-electron chi connectivity index (χ2n) is 7.78. The van der Waals surface area contributed by atoms with Gasteiger partial charge in [0, 0.05) is 11.9 Å². The largest absolute Gasteiger partial charge is 0.419 e. The summed E-state index contributed by atoms with van der Waals surface area (Å²) in [4.78, 5) is 31.7. The molecule has 2 amide bonds. The summed E-state index contributed by atoms with van der Waals surface area (Å²) >= 11 is 5.52. The van der Waals surface area contributed by atoms with Crippen molar-refractivity contribution in [2.24, 2.45) is 0 Å². The van der Waals surface area contributed by atoms with Crippen LogP contribution in [0, 0.1) is 17.1 Å². The van der Waals surface area contributed by atoms with E-state index in [1.807, 2.05) is 0 Å². The number of thiol groups is 1. The summed E-state index contributed by atoms with van der Waals surface area (Å²) in [5.74, 6) is -1.94. The van der Waals surface area contributed by atoms with Gasteiger partial charge in [-0.1, -0.05) is 11.9 Å². The quantitative estimate of drug-likeness (QED) is 0.365. The molecule has 1 unspecified atom stereocenters. The van der Waals surface area contributed by atoms with Crippen molar-refractivity contribution in [1.82, 2.24) is 9.71 Å². The molecule has 1 saturated carbocycles. The van der Waals surface area contributed by atoms with E-state index in [2.05, 4.69) is 22.3 Å². The van der Waals surface area contributed by atoms with Crippen molar-refractivity contribution in [1.29, 1.82) is 5.26 Å². The molecule has 34 heavy (non-hydrogen) atoms. The van der Waals surface area contributed by atoms with Crippen LogP contribution >= 0.6 is 24.6 Å². The standard InChI is InChI=1S/C21H17F4N5O2S2/c1-34-28-17(31)13-4-3-11(8-15(13)22)30-19(33)29(18(32)20(30)5-2-6-20)12-7-14(21(23,24)25)16(9-26)27-10-12/h3-4,7-8,10,19,33H,2,5-6H2,1H3,(H,28,31). The van der Waals surface area contributed by atoms with Gasteiger partial charge in [0.1, 0.15) is 17.4 Å². The number of nitriles is 1. The van der Waals surface area contributed by atoms with Crippen LogP contribution in [0.15, 0.2) is 30.5 Å². The molecule has 2 aliphatic rings. The highest BCUT2D eigenvalue weighted by atomic mass is 32.2. The Morgan fingerprint density at radius 3 is 2.56 bits per heavy atom. The Morgan fingerprint density at radius 1 is 1.32 bits per heavy atom. The highest BCUT2D eigenvalue weighted by Gasteiger charge is 2.60.